The lowest BCUT2D eigenvalue weighted by molar-refractivity contribution is -0.137. The number of hydrogen-bond donors (Lipinski definition) is 2. The second-order valence-corrected chi connectivity index (χ2v) is 5.97. The van der Waals surface area contributed by atoms with E-state index >= 15 is 0 Å². The number of nitrogens with zero attached hydrogens (tertiary/aromatic N) is 3. The van der Waals surface area contributed by atoms with E-state index in [1.807, 2.05) is 0 Å². The third-order valence-electron chi connectivity index (χ3n) is 3.46. The van der Waals surface area contributed by atoms with Crippen molar-refractivity contribution in [2.24, 2.45) is 5.73 Å². The van der Waals surface area contributed by atoms with Gasteiger partial charge in [-0.15, -0.1) is 21.5 Å². The minimum Gasteiger partial charge on any atom is -0.366 e. The summed E-state index contributed by atoms with van der Waals surface area (Å²) in [5.74, 6) is -1.54. The Hall–Kier alpha value is -3.34. The first-order valence-electron chi connectivity index (χ1n) is 7.30. The molecule has 0 aliphatic heterocycles. The van der Waals surface area contributed by atoms with Crippen molar-refractivity contribution >= 4 is 29.0 Å². The zero-order chi connectivity index (χ0) is 19.6. The molecule has 138 valence electrons. The maximum absolute atomic E-state index is 13.0. The highest BCUT2D eigenvalue weighted by molar-refractivity contribution is 7.07. The Kier molecular flexibility index (Phi) is 4.86. The van der Waals surface area contributed by atoms with Gasteiger partial charge in [0.25, 0.3) is 5.91 Å². The number of benzene rings is 1. The van der Waals surface area contributed by atoms with E-state index in [2.05, 4.69) is 20.5 Å². The number of anilines is 1. The highest BCUT2D eigenvalue weighted by Crippen LogP contribution is 2.33. The quantitative estimate of drug-likeness (QED) is 0.708. The molecule has 0 fully saturated rings. The predicted molar refractivity (Wildman–Crippen MR) is 91.1 cm³/mol. The molecule has 0 bridgehead atoms. The fraction of sp³-hybridized carbons (Fsp3) is 0.0625. The lowest BCUT2D eigenvalue weighted by Crippen LogP contribution is -2.19. The van der Waals surface area contributed by atoms with Crippen LogP contribution in [0.5, 0.6) is 0 Å². The van der Waals surface area contributed by atoms with Gasteiger partial charge >= 0.3 is 6.18 Å². The van der Waals surface area contributed by atoms with Crippen molar-refractivity contribution in [3.05, 3.63) is 58.0 Å². The number of rotatable bonds is 4. The molecule has 2 amide bonds. The number of halogens is 3. The lowest BCUT2D eigenvalue weighted by Gasteiger charge is -2.12. The molecular formula is C16H10F3N5O2S. The predicted octanol–water partition coefficient (Wildman–Crippen LogP) is 2.97. The molecule has 7 nitrogen and oxygen atoms in total. The van der Waals surface area contributed by atoms with Gasteiger partial charge in [0.15, 0.2) is 5.82 Å². The van der Waals surface area contributed by atoms with E-state index in [0.717, 1.165) is 18.2 Å². The van der Waals surface area contributed by atoms with Crippen LogP contribution in [-0.2, 0) is 6.18 Å². The standard InChI is InChI=1S/C16H10F3N5O2S/c17-16(18,19)10-2-1-8(5-9(10)14(20)25)11-3-4-13(24-23-11)22-15(26)12-6-27-7-21-12/h1-7H,(H2,20,25)(H,22,24,26). The van der Waals surface area contributed by atoms with E-state index < -0.39 is 29.1 Å². The molecule has 0 atom stereocenters. The van der Waals surface area contributed by atoms with E-state index in [-0.39, 0.29) is 22.8 Å². The molecule has 11 heteroatoms. The average molecular weight is 393 g/mol. The fourth-order valence-electron chi connectivity index (χ4n) is 2.21. The first-order valence-corrected chi connectivity index (χ1v) is 8.24. The van der Waals surface area contributed by atoms with Crippen molar-refractivity contribution in [1.29, 1.82) is 0 Å². The first kappa shape index (κ1) is 18.5. The summed E-state index contributed by atoms with van der Waals surface area (Å²) in [6.07, 6.45) is -4.71. The maximum Gasteiger partial charge on any atom is 0.417 e. The summed E-state index contributed by atoms with van der Waals surface area (Å²) in [6, 6.07) is 5.79. The van der Waals surface area contributed by atoms with Gasteiger partial charge in [0.05, 0.1) is 22.3 Å². The molecule has 2 aromatic heterocycles. The van der Waals surface area contributed by atoms with Crippen LogP contribution in [0.3, 0.4) is 0 Å². The molecule has 3 rings (SSSR count). The van der Waals surface area contributed by atoms with Gasteiger partial charge in [-0.1, -0.05) is 6.07 Å². The van der Waals surface area contributed by atoms with Crippen LogP contribution in [0.4, 0.5) is 19.0 Å². The summed E-state index contributed by atoms with van der Waals surface area (Å²) in [5, 5.41) is 11.7. The van der Waals surface area contributed by atoms with E-state index in [1.54, 1.807) is 5.38 Å². The van der Waals surface area contributed by atoms with Crippen LogP contribution in [0.25, 0.3) is 11.3 Å². The number of carbonyl (C=O) groups is 2. The van der Waals surface area contributed by atoms with Crippen LogP contribution in [0.15, 0.2) is 41.2 Å². The number of nitrogens with two attached hydrogens (primary N) is 1. The summed E-state index contributed by atoms with van der Waals surface area (Å²) in [4.78, 5) is 27.1. The average Bonchev–Trinajstić information content (AvgIpc) is 3.16. The number of nitrogens with one attached hydrogen (secondary N) is 1. The summed E-state index contributed by atoms with van der Waals surface area (Å²) in [6.45, 7) is 0. The van der Waals surface area contributed by atoms with Gasteiger partial charge in [0.2, 0.25) is 5.91 Å². The van der Waals surface area contributed by atoms with E-state index in [9.17, 15) is 22.8 Å². The highest BCUT2D eigenvalue weighted by Gasteiger charge is 2.34. The van der Waals surface area contributed by atoms with Crippen LogP contribution >= 0.6 is 11.3 Å². The molecule has 0 aliphatic carbocycles. The molecule has 27 heavy (non-hydrogen) atoms. The maximum atomic E-state index is 13.0. The van der Waals surface area contributed by atoms with Crippen molar-refractivity contribution in [2.75, 3.05) is 5.32 Å². The minimum absolute atomic E-state index is 0.138. The molecule has 3 N–H and O–H groups in total. The van der Waals surface area contributed by atoms with Crippen LogP contribution < -0.4 is 11.1 Å². The van der Waals surface area contributed by atoms with E-state index in [1.165, 1.54) is 29.0 Å². The van der Waals surface area contributed by atoms with Crippen molar-refractivity contribution < 1.29 is 22.8 Å². The molecule has 0 radical (unpaired) electrons. The van der Waals surface area contributed by atoms with Gasteiger partial charge in [-0.3, -0.25) is 9.59 Å². The summed E-state index contributed by atoms with van der Waals surface area (Å²) in [7, 11) is 0. The first-order chi connectivity index (χ1) is 12.8. The van der Waals surface area contributed by atoms with Crippen molar-refractivity contribution in [1.82, 2.24) is 15.2 Å². The van der Waals surface area contributed by atoms with Crippen LogP contribution in [0.2, 0.25) is 0 Å². The Morgan fingerprint density at radius 2 is 1.89 bits per heavy atom. The lowest BCUT2D eigenvalue weighted by atomic mass is 10.0. The second-order valence-electron chi connectivity index (χ2n) is 5.25. The SMILES string of the molecule is NC(=O)c1cc(-c2ccc(NC(=O)c3cscn3)nn2)ccc1C(F)(F)F. The molecule has 0 aliphatic rings. The normalized spacial score (nSPS) is 11.2. The summed E-state index contributed by atoms with van der Waals surface area (Å²) in [5.41, 5.74) is 5.42. The third kappa shape index (κ3) is 4.08. The summed E-state index contributed by atoms with van der Waals surface area (Å²) >= 11 is 1.26. The van der Waals surface area contributed by atoms with Crippen molar-refractivity contribution in [3.8, 4) is 11.3 Å². The molecule has 0 saturated carbocycles. The molecular weight excluding hydrogens is 383 g/mol. The van der Waals surface area contributed by atoms with Crippen LogP contribution in [-0.4, -0.2) is 27.0 Å². The molecule has 0 spiro atoms. The number of amides is 2. The summed E-state index contributed by atoms with van der Waals surface area (Å²) < 4.78 is 38.9. The number of aromatic nitrogens is 3. The van der Waals surface area contributed by atoms with E-state index in [4.69, 9.17) is 5.73 Å². The highest BCUT2D eigenvalue weighted by atomic mass is 32.1. The zero-order valence-corrected chi connectivity index (χ0v) is 14.1. The molecule has 3 aromatic rings. The Bertz CT molecular complexity index is 988. The van der Waals surface area contributed by atoms with Gasteiger partial charge in [0.1, 0.15) is 5.69 Å². The number of hydrogen-bond acceptors (Lipinski definition) is 6. The van der Waals surface area contributed by atoms with E-state index in [0.29, 0.717) is 0 Å². The Morgan fingerprint density at radius 1 is 1.11 bits per heavy atom. The molecule has 0 saturated heterocycles. The monoisotopic (exact) mass is 393 g/mol. The van der Waals surface area contributed by atoms with Gasteiger partial charge in [-0.25, -0.2) is 4.98 Å². The third-order valence-corrected chi connectivity index (χ3v) is 4.04. The number of primary amides is 1. The molecule has 2 heterocycles. The Morgan fingerprint density at radius 3 is 2.44 bits per heavy atom. The van der Waals surface area contributed by atoms with Gasteiger partial charge in [0, 0.05) is 10.9 Å². The van der Waals surface area contributed by atoms with Gasteiger partial charge in [-0.2, -0.15) is 13.2 Å². The number of alkyl halides is 3. The Labute approximate surface area is 154 Å². The Balaban J connectivity index is 1.86. The van der Waals surface area contributed by atoms with Crippen LogP contribution in [0, 0.1) is 0 Å². The smallest absolute Gasteiger partial charge is 0.366 e. The largest absolute Gasteiger partial charge is 0.417 e. The fourth-order valence-corrected chi connectivity index (χ4v) is 2.74. The number of thiazole rings is 1. The van der Waals surface area contributed by atoms with Gasteiger partial charge in [-0.05, 0) is 24.3 Å². The molecule has 1 aromatic carbocycles. The van der Waals surface area contributed by atoms with Crippen molar-refractivity contribution in [3.63, 3.8) is 0 Å². The second kappa shape index (κ2) is 7.11. The van der Waals surface area contributed by atoms with Gasteiger partial charge < -0.3 is 11.1 Å². The number of carbonyl (C=O) groups excluding carboxylic acids is 2. The minimum atomic E-state index is -4.71. The zero-order valence-electron chi connectivity index (χ0n) is 13.3. The molecule has 0 unspecified atom stereocenters. The van der Waals surface area contributed by atoms with Crippen molar-refractivity contribution in [2.45, 2.75) is 6.18 Å². The van der Waals surface area contributed by atoms with Crippen LogP contribution in [0.1, 0.15) is 26.4 Å². The topological polar surface area (TPSA) is 111 Å².